The van der Waals surface area contributed by atoms with Gasteiger partial charge in [0.2, 0.25) is 11.8 Å². The summed E-state index contributed by atoms with van der Waals surface area (Å²) in [5.74, 6) is -1.61. The number of nitrogens with one attached hydrogen (secondary N) is 1. The van der Waals surface area contributed by atoms with Crippen LogP contribution in [0.25, 0.3) is 0 Å². The third kappa shape index (κ3) is 5.97. The molecule has 0 atom stereocenters. The summed E-state index contributed by atoms with van der Waals surface area (Å²) in [6.45, 7) is 14.8. The third-order valence-corrected chi connectivity index (χ3v) is 7.86. The predicted octanol–water partition coefficient (Wildman–Crippen LogP) is 4.42. The van der Waals surface area contributed by atoms with Gasteiger partial charge in [-0.3, -0.25) is 27.9 Å². The highest BCUT2D eigenvalue weighted by molar-refractivity contribution is 7.71. The van der Waals surface area contributed by atoms with Crippen molar-refractivity contribution in [1.82, 2.24) is 23.6 Å². The van der Waals surface area contributed by atoms with E-state index >= 15 is 0 Å². The zero-order chi connectivity index (χ0) is 27.9. The molecule has 3 N–H and O–H groups in total. The van der Waals surface area contributed by atoms with Crippen molar-refractivity contribution in [3.63, 3.8) is 0 Å². The third-order valence-electron chi connectivity index (χ3n) is 6.04. The smallest absolute Gasteiger partial charge is 0.262 e. The predicted molar refractivity (Wildman–Crippen MR) is 155 cm³/mol. The number of aromatic hydroxyl groups is 2. The van der Waals surface area contributed by atoms with Gasteiger partial charge in [0, 0.05) is 31.1 Å². The Morgan fingerprint density at radius 2 is 1.19 bits per heavy atom. The summed E-state index contributed by atoms with van der Waals surface area (Å²) < 4.78 is 6.09. The molecule has 12 heteroatoms. The maximum Gasteiger partial charge on any atom is 0.262 e. The second-order valence-electron chi connectivity index (χ2n) is 8.03. The topological polar surface area (TPSA) is 106 Å². The van der Waals surface area contributed by atoms with Crippen LogP contribution >= 0.6 is 35.8 Å². The lowest BCUT2D eigenvalue weighted by atomic mass is 9.92. The Morgan fingerprint density at radius 1 is 0.784 bits per heavy atom. The molecule has 0 aromatic carbocycles. The molecule has 0 fully saturated rings. The fraction of sp³-hybridized carbons (Fsp3) is 0.520. The van der Waals surface area contributed by atoms with E-state index in [0.29, 0.717) is 31.1 Å². The van der Waals surface area contributed by atoms with Crippen LogP contribution in [0, 0.1) is 9.54 Å². The molecule has 9 nitrogen and oxygen atoms in total. The van der Waals surface area contributed by atoms with E-state index in [1.807, 2.05) is 19.2 Å². The summed E-state index contributed by atoms with van der Waals surface area (Å²) in [5, 5.41) is 27.2. The van der Waals surface area contributed by atoms with Gasteiger partial charge in [0.1, 0.15) is 0 Å². The van der Waals surface area contributed by atoms with Crippen LogP contribution in [0.1, 0.15) is 63.5 Å². The Balaban J connectivity index is 0.000000877. The first-order valence-corrected chi connectivity index (χ1v) is 14.2. The first-order chi connectivity index (χ1) is 17.7. The van der Waals surface area contributed by atoms with E-state index in [2.05, 4.69) is 19.2 Å². The van der Waals surface area contributed by atoms with Gasteiger partial charge in [0.15, 0.2) is 9.54 Å². The monoisotopic (exact) mass is 567 g/mol. The zero-order valence-electron chi connectivity index (χ0n) is 22.3. The van der Waals surface area contributed by atoms with Crippen molar-refractivity contribution in [2.45, 2.75) is 73.6 Å². The molecule has 0 aliphatic heterocycles. The second kappa shape index (κ2) is 13.8. The number of nitrogens with zero attached hydrogens (tertiary/aromatic N) is 4. The number of thiophene rings is 1. The number of aromatic nitrogens is 4. The van der Waals surface area contributed by atoms with Crippen molar-refractivity contribution in [3.05, 3.63) is 63.8 Å². The highest BCUT2D eigenvalue weighted by Gasteiger charge is 2.33. The minimum absolute atomic E-state index is 0.000394. The van der Waals surface area contributed by atoms with Crippen LogP contribution in [-0.4, -0.2) is 41.6 Å². The van der Waals surface area contributed by atoms with E-state index in [1.165, 1.54) is 29.6 Å². The summed E-state index contributed by atoms with van der Waals surface area (Å²) in [4.78, 5) is 27.7. The molecule has 37 heavy (non-hydrogen) atoms. The standard InChI is InChI=1S/C21H26N4O4S3.C4H11N/c1-5-22-16(26)14(17(27)23(6-2)20(22)30)13(12-10-9-11-32-12)15-18(28)24(7-3)21(31)25(8-4)19(15)29;1-3-5-4-2/h9-11,13,26,28H,5-8H2,1-4H3;5H,3-4H2,1-2H3. The average Bonchev–Trinajstić information content (AvgIpc) is 3.39. The highest BCUT2D eigenvalue weighted by Crippen LogP contribution is 2.39. The quantitative estimate of drug-likeness (QED) is 0.329. The summed E-state index contributed by atoms with van der Waals surface area (Å²) >= 11 is 12.2. The van der Waals surface area contributed by atoms with Gasteiger partial charge in [-0.15, -0.1) is 11.3 Å². The Morgan fingerprint density at radius 3 is 1.46 bits per heavy atom. The van der Waals surface area contributed by atoms with Crippen LogP contribution in [0.15, 0.2) is 27.1 Å². The maximum absolute atomic E-state index is 13.5. The molecule has 0 saturated heterocycles. The van der Waals surface area contributed by atoms with Gasteiger partial charge in [0.25, 0.3) is 11.1 Å². The van der Waals surface area contributed by atoms with Crippen molar-refractivity contribution in [2.24, 2.45) is 0 Å². The number of hydrogen-bond donors (Lipinski definition) is 3. The molecule has 204 valence electrons. The molecule has 0 unspecified atom stereocenters. The lowest BCUT2D eigenvalue weighted by molar-refractivity contribution is 0.381. The molecule has 0 aliphatic rings. The van der Waals surface area contributed by atoms with Gasteiger partial charge in [-0.1, -0.05) is 19.9 Å². The minimum Gasteiger partial charge on any atom is -0.494 e. The van der Waals surface area contributed by atoms with Crippen LogP contribution in [0.4, 0.5) is 0 Å². The van der Waals surface area contributed by atoms with Gasteiger partial charge < -0.3 is 15.5 Å². The van der Waals surface area contributed by atoms with E-state index in [4.69, 9.17) is 24.4 Å². The summed E-state index contributed by atoms with van der Waals surface area (Å²) in [6, 6.07) is 3.57. The molecule has 3 rings (SSSR count). The highest BCUT2D eigenvalue weighted by atomic mass is 32.1. The molecule has 0 saturated carbocycles. The fourth-order valence-electron chi connectivity index (χ4n) is 4.19. The van der Waals surface area contributed by atoms with Crippen LogP contribution in [0.5, 0.6) is 11.8 Å². The van der Waals surface area contributed by atoms with Crippen LogP contribution in [-0.2, 0) is 26.2 Å². The van der Waals surface area contributed by atoms with Crippen molar-refractivity contribution in [1.29, 1.82) is 0 Å². The lowest BCUT2D eigenvalue weighted by Crippen LogP contribution is -2.34. The molecule has 0 amide bonds. The van der Waals surface area contributed by atoms with E-state index in [9.17, 15) is 19.8 Å². The van der Waals surface area contributed by atoms with E-state index in [1.54, 1.807) is 26.0 Å². The van der Waals surface area contributed by atoms with E-state index < -0.39 is 17.0 Å². The van der Waals surface area contributed by atoms with Crippen molar-refractivity contribution >= 4 is 35.8 Å². The summed E-state index contributed by atoms with van der Waals surface area (Å²) in [6.07, 6.45) is 0. The molecule has 3 aromatic rings. The van der Waals surface area contributed by atoms with Crippen LogP contribution in [0.2, 0.25) is 0 Å². The largest absolute Gasteiger partial charge is 0.494 e. The van der Waals surface area contributed by atoms with Gasteiger partial charge in [0.05, 0.1) is 17.0 Å². The van der Waals surface area contributed by atoms with E-state index in [0.717, 1.165) is 13.1 Å². The van der Waals surface area contributed by atoms with Gasteiger partial charge in [-0.25, -0.2) is 0 Å². The van der Waals surface area contributed by atoms with Crippen LogP contribution in [0.3, 0.4) is 0 Å². The first-order valence-electron chi connectivity index (χ1n) is 12.5. The number of rotatable bonds is 9. The van der Waals surface area contributed by atoms with Gasteiger partial charge in [-0.05, 0) is 76.7 Å². The zero-order valence-corrected chi connectivity index (χ0v) is 24.7. The minimum atomic E-state index is -0.993. The van der Waals surface area contributed by atoms with Gasteiger partial charge >= 0.3 is 0 Å². The Kier molecular flexibility index (Phi) is 11.5. The van der Waals surface area contributed by atoms with Crippen LogP contribution < -0.4 is 16.4 Å². The normalized spacial score (nSPS) is 11.0. The lowest BCUT2D eigenvalue weighted by Gasteiger charge is -2.24. The first kappa shape index (κ1) is 30.7. The van der Waals surface area contributed by atoms with Crippen molar-refractivity contribution < 1.29 is 10.2 Å². The maximum atomic E-state index is 13.5. The summed E-state index contributed by atoms with van der Waals surface area (Å²) in [7, 11) is 0. The Labute approximate surface area is 231 Å². The van der Waals surface area contributed by atoms with E-state index in [-0.39, 0.29) is 32.4 Å². The fourth-order valence-corrected chi connectivity index (χ4v) is 5.88. The molecule has 3 heterocycles. The van der Waals surface area contributed by atoms with Gasteiger partial charge in [-0.2, -0.15) is 0 Å². The van der Waals surface area contributed by atoms with Crippen molar-refractivity contribution in [2.75, 3.05) is 13.1 Å². The average molecular weight is 568 g/mol. The molecule has 0 radical (unpaired) electrons. The molecule has 3 aromatic heterocycles. The molecule has 0 spiro atoms. The Hall–Kier alpha value is -2.54. The molecule has 0 aliphatic carbocycles. The summed E-state index contributed by atoms with van der Waals surface area (Å²) in [5.41, 5.74) is -0.991. The SMILES string of the molecule is CCNCC.CCn1c(O)c(C(c2cccs2)c2c(O)n(CC)c(=S)n(CC)c2=O)c(=O)n(CC)c1=S. The second-order valence-corrected chi connectivity index (χ2v) is 9.74. The molecular weight excluding hydrogens is 531 g/mol. The molecule has 0 bridgehead atoms. The molecular formula is C25H37N5O4S3. The van der Waals surface area contributed by atoms with Crippen molar-refractivity contribution in [3.8, 4) is 11.8 Å². The number of hydrogen-bond acceptors (Lipinski definition) is 8. The Bertz CT molecular complexity index is 1340.